The number of hydrogen-bond acceptors (Lipinski definition) is 2. The van der Waals surface area contributed by atoms with Crippen LogP contribution >= 0.6 is 15.9 Å². The van der Waals surface area contributed by atoms with Gasteiger partial charge in [0.15, 0.2) is 0 Å². The summed E-state index contributed by atoms with van der Waals surface area (Å²) in [5.74, 6) is -0.146. The highest BCUT2D eigenvalue weighted by molar-refractivity contribution is 9.10. The van der Waals surface area contributed by atoms with Crippen LogP contribution in [0.15, 0.2) is 22.7 Å². The molecule has 0 amide bonds. The van der Waals surface area contributed by atoms with Gasteiger partial charge in [0.25, 0.3) is 0 Å². The fourth-order valence-corrected chi connectivity index (χ4v) is 3.25. The third-order valence-corrected chi connectivity index (χ3v) is 4.62. The third kappa shape index (κ3) is 2.54. The number of benzene rings is 1. The SMILES string of the molecule is CCC1(CC)CN(c2c(F)cccc2Br)CCN1. The number of rotatable bonds is 3. The Labute approximate surface area is 117 Å². The zero-order chi connectivity index (χ0) is 13.2. The minimum Gasteiger partial charge on any atom is -0.365 e. The van der Waals surface area contributed by atoms with E-state index in [0.29, 0.717) is 5.69 Å². The van der Waals surface area contributed by atoms with Crippen LogP contribution in [0.25, 0.3) is 0 Å². The van der Waals surface area contributed by atoms with Crippen LogP contribution in [-0.4, -0.2) is 25.2 Å². The minimum absolute atomic E-state index is 0.111. The van der Waals surface area contributed by atoms with Crippen LogP contribution in [0.2, 0.25) is 0 Å². The van der Waals surface area contributed by atoms with Gasteiger partial charge in [-0.3, -0.25) is 0 Å². The monoisotopic (exact) mass is 314 g/mol. The summed E-state index contributed by atoms with van der Waals surface area (Å²) in [7, 11) is 0. The molecular weight excluding hydrogens is 295 g/mol. The van der Waals surface area contributed by atoms with Crippen molar-refractivity contribution in [3.63, 3.8) is 0 Å². The summed E-state index contributed by atoms with van der Waals surface area (Å²) >= 11 is 3.46. The topological polar surface area (TPSA) is 15.3 Å². The number of halogens is 2. The number of piperazine rings is 1. The van der Waals surface area contributed by atoms with E-state index < -0.39 is 0 Å². The predicted octanol–water partition coefficient (Wildman–Crippen LogP) is 3.56. The molecule has 1 N–H and O–H groups in total. The predicted molar refractivity (Wildman–Crippen MR) is 77.6 cm³/mol. The lowest BCUT2D eigenvalue weighted by molar-refractivity contribution is 0.276. The van der Waals surface area contributed by atoms with Crippen LogP contribution in [0.4, 0.5) is 10.1 Å². The summed E-state index contributed by atoms with van der Waals surface area (Å²) in [4.78, 5) is 2.16. The molecule has 18 heavy (non-hydrogen) atoms. The lowest BCUT2D eigenvalue weighted by Crippen LogP contribution is -2.60. The van der Waals surface area contributed by atoms with E-state index in [1.165, 1.54) is 6.07 Å². The Kier molecular flexibility index (Phi) is 4.28. The van der Waals surface area contributed by atoms with Gasteiger partial charge in [0.1, 0.15) is 5.82 Å². The lowest BCUT2D eigenvalue weighted by Gasteiger charge is -2.44. The Bertz CT molecular complexity index is 398. The van der Waals surface area contributed by atoms with Gasteiger partial charge >= 0.3 is 0 Å². The maximum Gasteiger partial charge on any atom is 0.147 e. The molecule has 1 heterocycles. The van der Waals surface area contributed by atoms with Gasteiger partial charge in [-0.25, -0.2) is 4.39 Å². The molecule has 1 aliphatic heterocycles. The summed E-state index contributed by atoms with van der Waals surface area (Å²) in [5, 5.41) is 3.59. The zero-order valence-electron chi connectivity index (χ0n) is 11.0. The van der Waals surface area contributed by atoms with Crippen molar-refractivity contribution in [2.24, 2.45) is 0 Å². The van der Waals surface area contributed by atoms with Crippen LogP contribution in [0.1, 0.15) is 26.7 Å². The standard InChI is InChI=1S/C14H20BrFN2/c1-3-14(4-2)10-18(9-8-17-14)13-11(15)6-5-7-12(13)16/h5-7,17H,3-4,8-10H2,1-2H3. The van der Waals surface area contributed by atoms with Crippen molar-refractivity contribution in [3.05, 3.63) is 28.5 Å². The first-order valence-electron chi connectivity index (χ1n) is 6.56. The molecule has 4 heteroatoms. The summed E-state index contributed by atoms with van der Waals surface area (Å²) in [6, 6.07) is 5.17. The summed E-state index contributed by atoms with van der Waals surface area (Å²) in [6.45, 7) is 7.00. The van der Waals surface area contributed by atoms with Crippen molar-refractivity contribution >= 4 is 21.6 Å². The Morgan fingerprint density at radius 1 is 1.39 bits per heavy atom. The number of para-hydroxylation sites is 1. The Hall–Kier alpha value is -0.610. The molecule has 0 aromatic heterocycles. The maximum absolute atomic E-state index is 14.0. The van der Waals surface area contributed by atoms with E-state index in [1.807, 2.05) is 6.07 Å². The quantitative estimate of drug-likeness (QED) is 0.917. The first-order chi connectivity index (χ1) is 8.62. The first kappa shape index (κ1) is 13.8. The second-order valence-electron chi connectivity index (χ2n) is 4.91. The molecule has 0 saturated carbocycles. The highest BCUT2D eigenvalue weighted by Crippen LogP contribution is 2.32. The molecule has 0 unspecified atom stereocenters. The average molecular weight is 315 g/mol. The van der Waals surface area contributed by atoms with E-state index in [4.69, 9.17) is 0 Å². The molecule has 100 valence electrons. The number of nitrogens with zero attached hydrogens (tertiary/aromatic N) is 1. The summed E-state index contributed by atoms with van der Waals surface area (Å²) in [6.07, 6.45) is 2.12. The van der Waals surface area contributed by atoms with Crippen LogP contribution in [0.5, 0.6) is 0 Å². The zero-order valence-corrected chi connectivity index (χ0v) is 12.6. The molecule has 1 aliphatic rings. The summed E-state index contributed by atoms with van der Waals surface area (Å²) < 4.78 is 14.8. The smallest absolute Gasteiger partial charge is 0.147 e. The number of hydrogen-bond donors (Lipinski definition) is 1. The highest BCUT2D eigenvalue weighted by atomic mass is 79.9. The normalized spacial score (nSPS) is 19.0. The van der Waals surface area contributed by atoms with Gasteiger partial charge in [0, 0.05) is 29.6 Å². The third-order valence-electron chi connectivity index (χ3n) is 3.98. The van der Waals surface area contributed by atoms with E-state index in [2.05, 4.69) is 40.0 Å². The van der Waals surface area contributed by atoms with Gasteiger partial charge in [-0.1, -0.05) is 19.9 Å². The largest absolute Gasteiger partial charge is 0.365 e. The van der Waals surface area contributed by atoms with Gasteiger partial charge in [-0.2, -0.15) is 0 Å². The number of anilines is 1. The molecule has 0 spiro atoms. The van der Waals surface area contributed by atoms with Crippen LogP contribution < -0.4 is 10.2 Å². The summed E-state index contributed by atoms with van der Waals surface area (Å²) in [5.41, 5.74) is 0.810. The van der Waals surface area contributed by atoms with Crippen molar-refractivity contribution in [1.29, 1.82) is 0 Å². The molecule has 2 rings (SSSR count). The second kappa shape index (κ2) is 5.57. The molecular formula is C14H20BrFN2. The van der Waals surface area contributed by atoms with E-state index in [9.17, 15) is 4.39 Å². The van der Waals surface area contributed by atoms with Gasteiger partial charge in [-0.15, -0.1) is 0 Å². The molecule has 0 aliphatic carbocycles. The molecule has 1 saturated heterocycles. The molecule has 1 fully saturated rings. The van der Waals surface area contributed by atoms with Crippen molar-refractivity contribution < 1.29 is 4.39 Å². The van der Waals surface area contributed by atoms with E-state index in [1.54, 1.807) is 6.07 Å². The van der Waals surface area contributed by atoms with Gasteiger partial charge in [0.05, 0.1) is 5.69 Å². The van der Waals surface area contributed by atoms with Gasteiger partial charge < -0.3 is 10.2 Å². The van der Waals surface area contributed by atoms with E-state index >= 15 is 0 Å². The first-order valence-corrected chi connectivity index (χ1v) is 7.35. The lowest BCUT2D eigenvalue weighted by atomic mass is 9.90. The Morgan fingerprint density at radius 2 is 2.11 bits per heavy atom. The van der Waals surface area contributed by atoms with Gasteiger partial charge in [-0.05, 0) is 40.9 Å². The van der Waals surface area contributed by atoms with Crippen molar-refractivity contribution in [1.82, 2.24) is 5.32 Å². The van der Waals surface area contributed by atoms with Crippen molar-refractivity contribution in [3.8, 4) is 0 Å². The van der Waals surface area contributed by atoms with Crippen LogP contribution in [0, 0.1) is 5.82 Å². The number of nitrogens with one attached hydrogen (secondary N) is 1. The van der Waals surface area contributed by atoms with E-state index in [0.717, 1.165) is 36.9 Å². The average Bonchev–Trinajstić information content (AvgIpc) is 2.39. The molecule has 0 radical (unpaired) electrons. The second-order valence-corrected chi connectivity index (χ2v) is 5.76. The van der Waals surface area contributed by atoms with Crippen LogP contribution in [0.3, 0.4) is 0 Å². The Morgan fingerprint density at radius 3 is 2.72 bits per heavy atom. The fourth-order valence-electron chi connectivity index (χ4n) is 2.66. The van der Waals surface area contributed by atoms with Crippen molar-refractivity contribution in [2.45, 2.75) is 32.2 Å². The van der Waals surface area contributed by atoms with Crippen LogP contribution in [-0.2, 0) is 0 Å². The fraction of sp³-hybridized carbons (Fsp3) is 0.571. The van der Waals surface area contributed by atoms with E-state index in [-0.39, 0.29) is 11.4 Å². The molecule has 0 bridgehead atoms. The van der Waals surface area contributed by atoms with Crippen molar-refractivity contribution in [2.75, 3.05) is 24.5 Å². The molecule has 1 aromatic rings. The molecule has 0 atom stereocenters. The minimum atomic E-state index is -0.146. The highest BCUT2D eigenvalue weighted by Gasteiger charge is 2.33. The molecule has 1 aromatic carbocycles. The Balaban J connectivity index is 2.28. The maximum atomic E-state index is 14.0. The molecule has 2 nitrogen and oxygen atoms in total. The van der Waals surface area contributed by atoms with Gasteiger partial charge in [0.2, 0.25) is 0 Å².